The third kappa shape index (κ3) is 6.52. The van der Waals surface area contributed by atoms with Crippen LogP contribution in [0, 0.1) is 0 Å². The molecule has 1 aromatic heterocycles. The molecule has 11 heteroatoms. The number of carbonyl (C=O) groups excluding carboxylic acids is 2. The van der Waals surface area contributed by atoms with Crippen molar-refractivity contribution in [3.8, 4) is 5.75 Å². The zero-order chi connectivity index (χ0) is 29.2. The number of alkyl halides is 3. The van der Waals surface area contributed by atoms with Crippen molar-refractivity contribution in [2.75, 3.05) is 46.0 Å². The van der Waals surface area contributed by atoms with E-state index in [0.29, 0.717) is 36.8 Å². The smallest absolute Gasteiger partial charge is 0.418 e. The first-order chi connectivity index (χ1) is 18.8. The summed E-state index contributed by atoms with van der Waals surface area (Å²) >= 11 is 0. The maximum absolute atomic E-state index is 14.1. The van der Waals surface area contributed by atoms with Crippen LogP contribution in [-0.2, 0) is 32.9 Å². The Labute approximate surface area is 232 Å². The second-order valence-corrected chi connectivity index (χ2v) is 11.0. The minimum Gasteiger partial charge on any atom is -0.492 e. The molecule has 3 heterocycles. The van der Waals surface area contributed by atoms with Gasteiger partial charge in [-0.3, -0.25) is 9.69 Å². The van der Waals surface area contributed by atoms with Gasteiger partial charge in [0.2, 0.25) is 0 Å². The molecule has 0 radical (unpaired) electrons. The Hall–Kier alpha value is -3.31. The number of morpholine rings is 1. The summed E-state index contributed by atoms with van der Waals surface area (Å²) in [4.78, 5) is 30.3. The van der Waals surface area contributed by atoms with E-state index in [-0.39, 0.29) is 17.7 Å². The van der Waals surface area contributed by atoms with E-state index in [1.165, 1.54) is 22.7 Å². The van der Waals surface area contributed by atoms with Crippen LogP contribution < -0.4 is 4.74 Å². The summed E-state index contributed by atoms with van der Waals surface area (Å²) in [6.07, 6.45) is -3.10. The highest BCUT2D eigenvalue weighted by Crippen LogP contribution is 2.44. The number of aromatic nitrogens is 1. The molecule has 1 amide bonds. The molecule has 0 unspecified atom stereocenters. The number of hydrogen-bond acceptors (Lipinski definition) is 6. The lowest BCUT2D eigenvalue weighted by molar-refractivity contribution is -0.140. The number of carbonyl (C=O) groups is 2. The number of esters is 1. The number of hydrogen-bond donors (Lipinski definition) is 0. The molecule has 8 nitrogen and oxygen atoms in total. The largest absolute Gasteiger partial charge is 0.492 e. The van der Waals surface area contributed by atoms with E-state index < -0.39 is 35.1 Å². The van der Waals surface area contributed by atoms with E-state index in [0.717, 1.165) is 25.8 Å². The Morgan fingerprint density at radius 1 is 1.10 bits per heavy atom. The molecule has 1 saturated heterocycles. The number of ether oxygens (including phenoxy) is 3. The molecule has 1 aromatic carbocycles. The fourth-order valence-corrected chi connectivity index (χ4v) is 5.24. The molecule has 40 heavy (non-hydrogen) atoms. The van der Waals surface area contributed by atoms with Gasteiger partial charge in [-0.1, -0.05) is 13.8 Å². The number of fused-ring (bicyclic) bond motifs is 1. The Balaban J connectivity index is 1.62. The van der Waals surface area contributed by atoms with Crippen LogP contribution in [0.2, 0.25) is 0 Å². The lowest BCUT2D eigenvalue weighted by Crippen LogP contribution is -2.38. The van der Waals surface area contributed by atoms with Crippen LogP contribution in [0.25, 0.3) is 5.57 Å². The van der Waals surface area contributed by atoms with Gasteiger partial charge in [0.05, 0.1) is 30.5 Å². The Morgan fingerprint density at radius 2 is 1.75 bits per heavy atom. The third-order valence-corrected chi connectivity index (χ3v) is 6.95. The van der Waals surface area contributed by atoms with Crippen molar-refractivity contribution >= 4 is 17.4 Å². The van der Waals surface area contributed by atoms with Gasteiger partial charge in [-0.25, -0.2) is 4.79 Å². The molecule has 0 aliphatic carbocycles. The molecule has 0 saturated carbocycles. The summed E-state index contributed by atoms with van der Waals surface area (Å²) in [5.74, 6) is -0.781. The van der Waals surface area contributed by atoms with Crippen LogP contribution in [0.3, 0.4) is 0 Å². The van der Waals surface area contributed by atoms with Gasteiger partial charge in [0.1, 0.15) is 12.4 Å². The molecule has 2 aliphatic heterocycles. The van der Waals surface area contributed by atoms with Crippen molar-refractivity contribution in [1.29, 1.82) is 0 Å². The van der Waals surface area contributed by atoms with E-state index in [2.05, 4.69) is 4.90 Å². The molecule has 0 bridgehead atoms. The average molecular weight is 564 g/mol. The van der Waals surface area contributed by atoms with E-state index in [1.807, 2.05) is 0 Å². The van der Waals surface area contributed by atoms with Gasteiger partial charge in [-0.15, -0.1) is 0 Å². The maximum atomic E-state index is 14.1. The summed E-state index contributed by atoms with van der Waals surface area (Å²) < 4.78 is 60.3. The third-order valence-electron chi connectivity index (χ3n) is 6.95. The highest BCUT2D eigenvalue weighted by Gasteiger charge is 2.45. The van der Waals surface area contributed by atoms with Gasteiger partial charge in [0.25, 0.3) is 5.91 Å². The van der Waals surface area contributed by atoms with Gasteiger partial charge < -0.3 is 23.7 Å². The molecular formula is C29H36F3N3O5. The summed E-state index contributed by atoms with van der Waals surface area (Å²) in [6.45, 7) is 11.1. The first-order valence-corrected chi connectivity index (χ1v) is 13.3. The van der Waals surface area contributed by atoms with Crippen LogP contribution in [0.1, 0.15) is 54.9 Å². The number of amides is 1. The first kappa shape index (κ1) is 29.7. The van der Waals surface area contributed by atoms with E-state index in [1.54, 1.807) is 52.0 Å². The highest BCUT2D eigenvalue weighted by atomic mass is 19.4. The molecular weight excluding hydrogens is 527 g/mol. The normalized spacial score (nSPS) is 17.7. The fraction of sp³-hybridized carbons (Fsp3) is 0.517. The number of benzene rings is 1. The van der Waals surface area contributed by atoms with Gasteiger partial charge in [-0.2, -0.15) is 13.2 Å². The lowest BCUT2D eigenvalue weighted by atomic mass is 9.84. The standard InChI is InChI=1S/C29H36F3N3O5/c1-19(2)40-27(37)22-16-35(18-28(3,4)25-24(22)23(17-33(25)5)29(30,31)32)26(36)20-6-8-21(9-7-20)39-15-12-34-10-13-38-14-11-34/h6-9,16-17,19H,10-15,18H2,1-5H3. The van der Waals surface area contributed by atoms with Gasteiger partial charge in [-0.05, 0) is 38.1 Å². The van der Waals surface area contributed by atoms with Crippen LogP contribution in [0.5, 0.6) is 5.75 Å². The Bertz CT molecular complexity index is 1260. The molecule has 218 valence electrons. The molecule has 2 aliphatic rings. The van der Waals surface area contributed by atoms with Crippen LogP contribution in [-0.4, -0.2) is 78.3 Å². The number of halogens is 3. The molecule has 2 aromatic rings. The second-order valence-electron chi connectivity index (χ2n) is 11.0. The highest BCUT2D eigenvalue weighted by molar-refractivity contribution is 6.18. The fourth-order valence-electron chi connectivity index (χ4n) is 5.24. The molecule has 4 rings (SSSR count). The monoisotopic (exact) mass is 563 g/mol. The molecule has 0 atom stereocenters. The predicted octanol–water partition coefficient (Wildman–Crippen LogP) is 4.48. The van der Waals surface area contributed by atoms with Crippen molar-refractivity contribution in [2.45, 2.75) is 45.4 Å². The summed E-state index contributed by atoms with van der Waals surface area (Å²) in [6, 6.07) is 6.59. The maximum Gasteiger partial charge on any atom is 0.418 e. The van der Waals surface area contributed by atoms with Crippen molar-refractivity contribution in [3.63, 3.8) is 0 Å². The second kappa shape index (κ2) is 11.7. The predicted molar refractivity (Wildman–Crippen MR) is 143 cm³/mol. The Kier molecular flexibility index (Phi) is 8.65. The van der Waals surface area contributed by atoms with Crippen molar-refractivity contribution in [2.24, 2.45) is 7.05 Å². The first-order valence-electron chi connectivity index (χ1n) is 13.3. The van der Waals surface area contributed by atoms with Crippen molar-refractivity contribution in [1.82, 2.24) is 14.4 Å². The van der Waals surface area contributed by atoms with Gasteiger partial charge >= 0.3 is 12.1 Å². The summed E-state index contributed by atoms with van der Waals surface area (Å²) in [7, 11) is 1.51. The SMILES string of the molecule is CC(C)OC(=O)C1=CN(C(=O)c2ccc(OCCN3CCOCC3)cc2)CC(C)(C)c2c1c(C(F)(F)F)cn2C. The number of nitrogens with zero attached hydrogens (tertiary/aromatic N) is 3. The van der Waals surface area contributed by atoms with Crippen LogP contribution in [0.15, 0.2) is 36.7 Å². The number of rotatable bonds is 7. The van der Waals surface area contributed by atoms with E-state index in [9.17, 15) is 22.8 Å². The lowest BCUT2D eigenvalue weighted by Gasteiger charge is -2.30. The van der Waals surface area contributed by atoms with Crippen LogP contribution >= 0.6 is 0 Å². The van der Waals surface area contributed by atoms with Crippen LogP contribution in [0.4, 0.5) is 13.2 Å². The topological polar surface area (TPSA) is 73.2 Å². The minimum atomic E-state index is -4.71. The summed E-state index contributed by atoms with van der Waals surface area (Å²) in [5, 5.41) is 0. The van der Waals surface area contributed by atoms with Gasteiger partial charge in [0, 0.05) is 67.9 Å². The van der Waals surface area contributed by atoms with Crippen molar-refractivity contribution < 1.29 is 37.0 Å². The van der Waals surface area contributed by atoms with E-state index >= 15 is 0 Å². The molecule has 0 N–H and O–H groups in total. The number of aryl methyl sites for hydroxylation is 1. The van der Waals surface area contributed by atoms with E-state index in [4.69, 9.17) is 14.2 Å². The quantitative estimate of drug-likeness (QED) is 0.463. The van der Waals surface area contributed by atoms with Gasteiger partial charge in [0.15, 0.2) is 0 Å². The summed E-state index contributed by atoms with van der Waals surface area (Å²) in [5.41, 5.74) is -1.83. The minimum absolute atomic E-state index is 0.0459. The zero-order valence-corrected chi connectivity index (χ0v) is 23.5. The molecule has 0 spiro atoms. The molecule has 1 fully saturated rings. The van der Waals surface area contributed by atoms with Crippen molar-refractivity contribution in [3.05, 3.63) is 59.0 Å². The Morgan fingerprint density at radius 3 is 2.35 bits per heavy atom. The average Bonchev–Trinajstić information content (AvgIpc) is 3.18. The zero-order valence-electron chi connectivity index (χ0n) is 23.5.